The van der Waals surface area contributed by atoms with Gasteiger partial charge in [0, 0.05) is 18.2 Å². The normalized spacial score (nSPS) is 14.3. The number of ether oxygens (including phenoxy) is 3. The molecule has 3 aromatic carbocycles. The Hall–Kier alpha value is -4.32. The summed E-state index contributed by atoms with van der Waals surface area (Å²) in [5.41, 5.74) is 0.986. The number of rotatable bonds is 9. The zero-order valence-electron chi connectivity index (χ0n) is 20.3. The molecule has 4 aromatic rings. The van der Waals surface area contributed by atoms with Gasteiger partial charge in [-0.2, -0.15) is 0 Å². The van der Waals surface area contributed by atoms with Crippen LogP contribution in [0.3, 0.4) is 0 Å². The molecule has 0 saturated heterocycles. The highest BCUT2D eigenvalue weighted by Gasteiger charge is 2.42. The number of fused-ring (bicyclic) bond motifs is 1. The summed E-state index contributed by atoms with van der Waals surface area (Å²) in [7, 11) is -2.66. The molecule has 38 heavy (non-hydrogen) atoms. The maximum Gasteiger partial charge on any atom is 0.343 e. The molecule has 0 unspecified atom stereocenters. The van der Waals surface area contributed by atoms with Gasteiger partial charge in [0.05, 0.1) is 23.7 Å². The van der Waals surface area contributed by atoms with E-state index in [1.807, 2.05) is 18.2 Å². The second kappa shape index (κ2) is 11.0. The molecule has 0 fully saturated rings. The smallest absolute Gasteiger partial charge is 0.343 e. The van der Waals surface area contributed by atoms with Gasteiger partial charge < -0.3 is 18.6 Å². The molecule has 10 nitrogen and oxygen atoms in total. The average molecular weight is 534 g/mol. The first-order valence-electron chi connectivity index (χ1n) is 11.6. The minimum Gasteiger partial charge on any atom is -0.420 e. The van der Waals surface area contributed by atoms with Crippen LogP contribution in [-0.2, 0) is 24.2 Å². The quantitative estimate of drug-likeness (QED) is 0.232. The van der Waals surface area contributed by atoms with Gasteiger partial charge in [-0.1, -0.05) is 48.5 Å². The van der Waals surface area contributed by atoms with E-state index in [1.165, 1.54) is 13.2 Å². The molecular formula is C27H23N3O7S. The van der Waals surface area contributed by atoms with Crippen LogP contribution < -0.4 is 0 Å². The van der Waals surface area contributed by atoms with Crippen molar-refractivity contribution in [2.75, 3.05) is 27.1 Å². The largest absolute Gasteiger partial charge is 0.420 e. The van der Waals surface area contributed by atoms with E-state index >= 15 is 0 Å². The molecule has 1 aromatic heterocycles. The minimum atomic E-state index is -4.17. The summed E-state index contributed by atoms with van der Waals surface area (Å²) in [5.74, 6) is -0.732. The number of hydrogen-bond acceptors (Lipinski definition) is 9. The lowest BCUT2D eigenvalue weighted by Crippen LogP contribution is -2.37. The van der Waals surface area contributed by atoms with E-state index in [9.17, 15) is 13.2 Å². The highest BCUT2D eigenvalue weighted by molar-refractivity contribution is 7.89. The first kappa shape index (κ1) is 25.3. The molecule has 0 bridgehead atoms. The molecule has 2 heterocycles. The van der Waals surface area contributed by atoms with E-state index in [0.717, 1.165) is 4.31 Å². The van der Waals surface area contributed by atoms with Gasteiger partial charge in [-0.05, 0) is 36.4 Å². The molecule has 1 aliphatic heterocycles. The SMILES string of the molecule is COCCOCN1C(c2nnc(-c3ccccc3)o2)=C(OC(=O)c2ccccc2)c2ccccc2S1(=O)=O. The number of methoxy groups -OCH3 is 1. The number of carbonyl (C=O) groups is 1. The van der Waals surface area contributed by atoms with Crippen molar-refractivity contribution in [3.8, 4) is 11.5 Å². The summed E-state index contributed by atoms with van der Waals surface area (Å²) in [4.78, 5) is 13.1. The van der Waals surface area contributed by atoms with Crippen LogP contribution in [0.2, 0.25) is 0 Å². The molecule has 11 heteroatoms. The summed E-state index contributed by atoms with van der Waals surface area (Å²) in [6.45, 7) is -0.0431. The molecular weight excluding hydrogens is 510 g/mol. The fraction of sp³-hybridized carbons (Fsp3) is 0.148. The van der Waals surface area contributed by atoms with Crippen molar-refractivity contribution in [1.29, 1.82) is 0 Å². The standard InChI is InChI=1S/C27H23N3O7S/c1-34-16-17-35-18-30-23(26-29-28-25(37-26)19-10-4-2-5-11-19)24(36-27(31)20-12-6-3-7-13-20)21-14-8-9-15-22(21)38(30,32)33/h2-15H,16-18H2,1H3. The maximum atomic E-state index is 13.8. The monoisotopic (exact) mass is 533 g/mol. The van der Waals surface area contributed by atoms with E-state index < -0.39 is 22.7 Å². The second-order valence-corrected chi connectivity index (χ2v) is 9.92. The van der Waals surface area contributed by atoms with Crippen LogP contribution in [-0.4, -0.2) is 55.9 Å². The lowest BCUT2D eigenvalue weighted by molar-refractivity contribution is 0.0449. The van der Waals surface area contributed by atoms with Crippen molar-refractivity contribution < 1.29 is 31.8 Å². The topological polar surface area (TPSA) is 121 Å². The van der Waals surface area contributed by atoms with Gasteiger partial charge in [-0.15, -0.1) is 10.2 Å². The van der Waals surface area contributed by atoms with E-state index in [2.05, 4.69) is 10.2 Å². The molecule has 0 aliphatic carbocycles. The Kier molecular flexibility index (Phi) is 7.31. The molecule has 194 valence electrons. The number of carbonyl (C=O) groups excluding carboxylic acids is 1. The molecule has 0 spiro atoms. The van der Waals surface area contributed by atoms with Crippen LogP contribution >= 0.6 is 0 Å². The van der Waals surface area contributed by atoms with Gasteiger partial charge in [0.1, 0.15) is 6.73 Å². The van der Waals surface area contributed by atoms with Crippen molar-refractivity contribution in [2.45, 2.75) is 4.90 Å². The number of benzene rings is 3. The average Bonchev–Trinajstić information content (AvgIpc) is 3.44. The van der Waals surface area contributed by atoms with E-state index in [-0.39, 0.29) is 52.5 Å². The van der Waals surface area contributed by atoms with E-state index in [0.29, 0.717) is 5.56 Å². The number of nitrogens with zero attached hydrogens (tertiary/aromatic N) is 3. The van der Waals surface area contributed by atoms with E-state index in [4.69, 9.17) is 18.6 Å². The van der Waals surface area contributed by atoms with Gasteiger partial charge in [-0.3, -0.25) is 0 Å². The summed E-state index contributed by atoms with van der Waals surface area (Å²) >= 11 is 0. The number of hydrogen-bond donors (Lipinski definition) is 0. The zero-order valence-corrected chi connectivity index (χ0v) is 21.1. The van der Waals surface area contributed by atoms with Gasteiger partial charge in [0.2, 0.25) is 5.89 Å². The molecule has 0 saturated carbocycles. The molecule has 1 aliphatic rings. The molecule has 0 amide bonds. The van der Waals surface area contributed by atoms with Crippen LogP contribution in [0.1, 0.15) is 21.8 Å². The Morgan fingerprint density at radius 3 is 2.26 bits per heavy atom. The Labute approximate surface area is 219 Å². The third-order valence-corrected chi connectivity index (χ3v) is 7.44. The predicted molar refractivity (Wildman–Crippen MR) is 137 cm³/mol. The number of esters is 1. The van der Waals surface area contributed by atoms with Crippen LogP contribution in [0.4, 0.5) is 0 Å². The fourth-order valence-electron chi connectivity index (χ4n) is 3.83. The Bertz CT molecular complexity index is 1570. The van der Waals surface area contributed by atoms with Gasteiger partial charge >= 0.3 is 5.97 Å². The number of sulfonamides is 1. The summed E-state index contributed by atoms with van der Waals surface area (Å²) in [6.07, 6.45) is 0. The second-order valence-electron chi connectivity index (χ2n) is 8.09. The third-order valence-electron chi connectivity index (χ3n) is 5.66. The Morgan fingerprint density at radius 1 is 0.868 bits per heavy atom. The van der Waals surface area contributed by atoms with Gasteiger partial charge in [-0.25, -0.2) is 17.5 Å². The minimum absolute atomic E-state index is 0.0529. The fourth-order valence-corrected chi connectivity index (χ4v) is 5.37. The molecule has 0 radical (unpaired) electrons. The van der Waals surface area contributed by atoms with Crippen LogP contribution in [0.25, 0.3) is 22.9 Å². The zero-order chi connectivity index (χ0) is 26.5. The molecule has 5 rings (SSSR count). The van der Waals surface area contributed by atoms with Crippen molar-refractivity contribution in [3.05, 3.63) is 102 Å². The summed E-state index contributed by atoms with van der Waals surface area (Å²) in [6, 6.07) is 23.6. The van der Waals surface area contributed by atoms with Crippen molar-refractivity contribution in [1.82, 2.24) is 14.5 Å². The summed E-state index contributed by atoms with van der Waals surface area (Å²) in [5, 5.41) is 8.24. The number of aromatic nitrogens is 2. The first-order chi connectivity index (χ1) is 18.5. The van der Waals surface area contributed by atoms with Gasteiger partial charge in [0.25, 0.3) is 15.9 Å². The Balaban J connectivity index is 1.68. The van der Waals surface area contributed by atoms with Crippen LogP contribution in [0.5, 0.6) is 0 Å². The molecule has 0 atom stereocenters. The highest BCUT2D eigenvalue weighted by Crippen LogP contribution is 2.42. The van der Waals surface area contributed by atoms with Crippen LogP contribution in [0, 0.1) is 0 Å². The summed E-state index contributed by atoms with van der Waals surface area (Å²) < 4.78 is 50.9. The molecule has 0 N–H and O–H groups in total. The van der Waals surface area contributed by atoms with Crippen LogP contribution in [0.15, 0.2) is 94.2 Å². The lowest BCUT2D eigenvalue weighted by Gasteiger charge is -2.31. The predicted octanol–water partition coefficient (Wildman–Crippen LogP) is 4.04. The highest BCUT2D eigenvalue weighted by atomic mass is 32.2. The lowest BCUT2D eigenvalue weighted by atomic mass is 10.1. The van der Waals surface area contributed by atoms with Crippen molar-refractivity contribution in [3.63, 3.8) is 0 Å². The maximum absolute atomic E-state index is 13.8. The van der Waals surface area contributed by atoms with Gasteiger partial charge in [0.15, 0.2) is 11.5 Å². The first-order valence-corrected chi connectivity index (χ1v) is 13.0. The van der Waals surface area contributed by atoms with Crippen molar-refractivity contribution in [2.24, 2.45) is 0 Å². The van der Waals surface area contributed by atoms with Crippen molar-refractivity contribution >= 4 is 27.4 Å². The Morgan fingerprint density at radius 2 is 1.53 bits per heavy atom. The third kappa shape index (κ3) is 4.94. The van der Waals surface area contributed by atoms with E-state index in [1.54, 1.807) is 60.7 Å².